The summed E-state index contributed by atoms with van der Waals surface area (Å²) in [5, 5.41) is 32.3. The van der Waals surface area contributed by atoms with Crippen molar-refractivity contribution >= 4 is 35.3 Å². The van der Waals surface area contributed by atoms with Crippen LogP contribution in [0.15, 0.2) is 18.5 Å². The number of amides is 2. The van der Waals surface area contributed by atoms with E-state index in [0.717, 1.165) is 44.9 Å². The third kappa shape index (κ3) is 10.2. The van der Waals surface area contributed by atoms with Crippen LogP contribution in [0.5, 0.6) is 0 Å². The van der Waals surface area contributed by atoms with Crippen molar-refractivity contribution in [1.82, 2.24) is 19.9 Å². The van der Waals surface area contributed by atoms with Gasteiger partial charge in [0.25, 0.3) is 5.91 Å². The molecule has 1 saturated heterocycles. The Kier molecular flexibility index (Phi) is 14.0. The summed E-state index contributed by atoms with van der Waals surface area (Å²) in [5.41, 5.74) is -3.92. The summed E-state index contributed by atoms with van der Waals surface area (Å²) in [6.45, 7) is 13.7. The number of aliphatic hydroxyl groups is 1. The predicted molar refractivity (Wildman–Crippen MR) is 195 cm³/mol. The van der Waals surface area contributed by atoms with Crippen LogP contribution in [0, 0.1) is 23.2 Å². The second kappa shape index (κ2) is 17.9. The van der Waals surface area contributed by atoms with E-state index in [2.05, 4.69) is 20.7 Å². The molecule has 1 aliphatic heterocycles. The molecule has 16 heteroatoms. The van der Waals surface area contributed by atoms with Gasteiger partial charge in [0.1, 0.15) is 54.0 Å². The molecule has 16 nitrogen and oxygen atoms in total. The van der Waals surface area contributed by atoms with E-state index in [-0.39, 0.29) is 29.4 Å². The summed E-state index contributed by atoms with van der Waals surface area (Å²) in [6.07, 6.45) is 2.57. The van der Waals surface area contributed by atoms with Crippen LogP contribution < -0.4 is 10.6 Å². The van der Waals surface area contributed by atoms with Crippen molar-refractivity contribution in [2.24, 2.45) is 11.8 Å². The molecule has 54 heavy (non-hydrogen) atoms. The number of aliphatic hydroxyl groups excluding tert-OH is 1. The molecule has 3 N–H and O–H groups in total. The number of esters is 2. The lowest BCUT2D eigenvalue weighted by atomic mass is 9.87. The van der Waals surface area contributed by atoms with Crippen LogP contribution in [-0.2, 0) is 43.7 Å². The maximum atomic E-state index is 13.7. The van der Waals surface area contributed by atoms with Crippen molar-refractivity contribution in [3.8, 4) is 6.07 Å². The van der Waals surface area contributed by atoms with E-state index in [1.54, 1.807) is 54.5 Å². The normalized spacial score (nSPS) is 22.7. The van der Waals surface area contributed by atoms with Gasteiger partial charge < -0.3 is 39.4 Å². The second-order valence-electron chi connectivity index (χ2n) is 15.9. The standard InChI is InChI=1S/C38H56N6O10/c1-9-10-18-51-37(7,8)34(48)43-32-25-16-17-27(44(25)41-22-40-32)38(21-39)31(46)30(26(53-38)20-50-28(45)19-24-14-12-11-13-15-24)52-33(47)29(23(2)3)42-35(49)54-36(4,5)6/h16-17,22-24,26,29-31,46H,9-15,18-20H2,1-8H3,(H,42,49)(H,40,41,43,48)/t26-,29+,30-,31-,38+/m1/s1. The number of carbonyl (C=O) groups is 4. The molecule has 2 aromatic heterocycles. The van der Waals surface area contributed by atoms with Crippen LogP contribution in [-0.4, -0.2) is 92.4 Å². The molecule has 2 amide bonds. The number of alkyl carbamates (subject to hydrolysis) is 1. The molecule has 3 heterocycles. The highest BCUT2D eigenvalue weighted by Gasteiger charge is 2.60. The van der Waals surface area contributed by atoms with Gasteiger partial charge in [-0.3, -0.25) is 9.59 Å². The molecule has 0 aromatic carbocycles. The average Bonchev–Trinajstić information content (AvgIpc) is 3.65. The Morgan fingerprint density at radius 1 is 1.13 bits per heavy atom. The smallest absolute Gasteiger partial charge is 0.408 e. The Labute approximate surface area is 316 Å². The van der Waals surface area contributed by atoms with Crippen molar-refractivity contribution in [3.63, 3.8) is 0 Å². The van der Waals surface area contributed by atoms with Gasteiger partial charge in [0.2, 0.25) is 5.60 Å². The molecular weight excluding hydrogens is 700 g/mol. The Balaban J connectivity index is 1.64. The minimum Gasteiger partial charge on any atom is -0.463 e. The Bertz CT molecular complexity index is 1670. The number of nitrogens with zero attached hydrogens (tertiary/aromatic N) is 4. The summed E-state index contributed by atoms with van der Waals surface area (Å²) >= 11 is 0. The molecule has 0 spiro atoms. The molecule has 0 unspecified atom stereocenters. The van der Waals surface area contributed by atoms with Crippen molar-refractivity contribution in [2.75, 3.05) is 18.5 Å². The fourth-order valence-corrected chi connectivity index (χ4v) is 6.55. The summed E-state index contributed by atoms with van der Waals surface area (Å²) in [5.74, 6) is -2.04. The number of anilines is 1. The number of fused-ring (bicyclic) bond motifs is 1. The first-order valence-corrected chi connectivity index (χ1v) is 18.8. The monoisotopic (exact) mass is 756 g/mol. The largest absolute Gasteiger partial charge is 0.463 e. The molecule has 0 bridgehead atoms. The first-order valence-electron chi connectivity index (χ1n) is 18.8. The average molecular weight is 757 g/mol. The summed E-state index contributed by atoms with van der Waals surface area (Å²) < 4.78 is 30.2. The molecule has 2 fully saturated rings. The highest BCUT2D eigenvalue weighted by Crippen LogP contribution is 2.42. The highest BCUT2D eigenvalue weighted by atomic mass is 16.6. The van der Waals surface area contributed by atoms with Crippen LogP contribution in [0.1, 0.15) is 112 Å². The number of nitriles is 1. The van der Waals surface area contributed by atoms with Crippen molar-refractivity contribution in [2.45, 2.75) is 148 Å². The van der Waals surface area contributed by atoms with E-state index in [1.165, 1.54) is 16.9 Å². The van der Waals surface area contributed by atoms with E-state index in [4.69, 9.17) is 23.7 Å². The summed E-state index contributed by atoms with van der Waals surface area (Å²) in [4.78, 5) is 56.8. The van der Waals surface area contributed by atoms with Crippen molar-refractivity contribution < 1.29 is 48.0 Å². The number of nitrogens with one attached hydrogen (secondary N) is 2. The van der Waals surface area contributed by atoms with Crippen LogP contribution in [0.25, 0.3) is 5.52 Å². The quantitative estimate of drug-likeness (QED) is 0.128. The van der Waals surface area contributed by atoms with Crippen LogP contribution in [0.4, 0.5) is 10.6 Å². The van der Waals surface area contributed by atoms with Gasteiger partial charge in [-0.1, -0.05) is 46.5 Å². The zero-order chi connectivity index (χ0) is 39.8. The van der Waals surface area contributed by atoms with Crippen LogP contribution in [0.3, 0.4) is 0 Å². The Hall–Kier alpha value is -4.33. The van der Waals surface area contributed by atoms with E-state index >= 15 is 0 Å². The fraction of sp³-hybridized carbons (Fsp3) is 0.711. The number of ether oxygens (including phenoxy) is 5. The maximum absolute atomic E-state index is 13.7. The van der Waals surface area contributed by atoms with Gasteiger partial charge in [-0.05, 0) is 77.8 Å². The number of hydrogen-bond acceptors (Lipinski definition) is 13. The maximum Gasteiger partial charge on any atom is 0.408 e. The molecule has 1 aliphatic carbocycles. The van der Waals surface area contributed by atoms with Crippen LogP contribution in [0.2, 0.25) is 0 Å². The number of unbranched alkanes of at least 4 members (excludes halogenated alkanes) is 1. The number of rotatable bonds is 15. The highest BCUT2D eigenvalue weighted by molar-refractivity contribution is 5.98. The third-order valence-corrected chi connectivity index (χ3v) is 9.60. The van der Waals surface area contributed by atoms with Gasteiger partial charge >= 0.3 is 18.0 Å². The second-order valence-corrected chi connectivity index (χ2v) is 15.9. The molecule has 1 saturated carbocycles. The first-order chi connectivity index (χ1) is 25.4. The topological polar surface area (TPSA) is 213 Å². The van der Waals surface area contributed by atoms with Crippen LogP contribution >= 0.6 is 0 Å². The summed E-state index contributed by atoms with van der Waals surface area (Å²) in [7, 11) is 0. The third-order valence-electron chi connectivity index (χ3n) is 9.60. The SMILES string of the molecule is CCCCOC(C)(C)C(=O)Nc1ncnn2c([C@]3(C#N)O[C@H](COC(=O)CC4CCCCC4)[C@@H](OC(=O)[C@@H](NC(=O)OC(C)(C)C)C(C)C)[C@H]3O)ccc12. The predicted octanol–water partition coefficient (Wildman–Crippen LogP) is 4.72. The van der Waals surface area contributed by atoms with Crippen molar-refractivity contribution in [1.29, 1.82) is 5.26 Å². The van der Waals surface area contributed by atoms with E-state index in [9.17, 15) is 29.5 Å². The molecule has 298 valence electrons. The number of carbonyl (C=O) groups excluding carboxylic acids is 4. The molecule has 4 rings (SSSR count). The Morgan fingerprint density at radius 2 is 1.83 bits per heavy atom. The lowest BCUT2D eigenvalue weighted by Crippen LogP contribution is -2.50. The van der Waals surface area contributed by atoms with E-state index < -0.39 is 77.6 Å². The summed E-state index contributed by atoms with van der Waals surface area (Å²) in [6, 6.07) is 3.87. The zero-order valence-electron chi connectivity index (χ0n) is 32.7. The minimum atomic E-state index is -2.21. The molecule has 2 aromatic rings. The number of aromatic nitrogens is 3. The minimum absolute atomic E-state index is 0.0354. The zero-order valence-corrected chi connectivity index (χ0v) is 32.7. The van der Waals surface area contributed by atoms with Gasteiger partial charge in [-0.15, -0.1) is 0 Å². The fourth-order valence-electron chi connectivity index (χ4n) is 6.55. The van der Waals surface area contributed by atoms with E-state index in [1.807, 2.05) is 13.0 Å². The molecule has 0 radical (unpaired) electrons. The van der Waals surface area contributed by atoms with Gasteiger partial charge in [-0.2, -0.15) is 10.4 Å². The lowest BCUT2D eigenvalue weighted by molar-refractivity contribution is -0.163. The number of hydrogen-bond donors (Lipinski definition) is 3. The van der Waals surface area contributed by atoms with Gasteiger partial charge in [-0.25, -0.2) is 19.1 Å². The lowest BCUT2D eigenvalue weighted by Gasteiger charge is -2.28. The van der Waals surface area contributed by atoms with Gasteiger partial charge in [0, 0.05) is 13.0 Å². The Morgan fingerprint density at radius 3 is 2.46 bits per heavy atom. The molecule has 5 atom stereocenters. The molecule has 2 aliphatic rings. The van der Waals surface area contributed by atoms with Gasteiger partial charge in [0.15, 0.2) is 11.9 Å². The first kappa shape index (κ1) is 42.4. The van der Waals surface area contributed by atoms with E-state index in [0.29, 0.717) is 6.61 Å². The molecular formula is C38H56N6O10. The van der Waals surface area contributed by atoms with Gasteiger partial charge in [0.05, 0.1) is 5.69 Å². The van der Waals surface area contributed by atoms with Crippen molar-refractivity contribution in [3.05, 3.63) is 24.2 Å².